The molecule has 0 radical (unpaired) electrons. The minimum Gasteiger partial charge on any atom is -0.506 e. The number of nitrogens with zero attached hydrogens (tertiary/aromatic N) is 1. The van der Waals surface area contributed by atoms with Gasteiger partial charge in [0, 0.05) is 11.6 Å². The molecule has 3 nitrogen and oxygen atoms in total. The fourth-order valence-electron chi connectivity index (χ4n) is 1.37. The Morgan fingerprint density at radius 3 is 2.38 bits per heavy atom. The standard InChI is InChI=1S/C12H16N2O.ClH/c1-12(2,3)11(14)9-6-4-5-8(7-13)10(9)15;/h4-6,11,15H,14H2,1-3H3;1H/t11-;/m0./s1. The first kappa shape index (κ1) is 14.8. The molecule has 0 bridgehead atoms. The molecular formula is C12H17ClN2O. The first-order valence-corrected chi connectivity index (χ1v) is 4.85. The van der Waals surface area contributed by atoms with Gasteiger partial charge in [0.25, 0.3) is 0 Å². The molecule has 0 heterocycles. The first-order valence-electron chi connectivity index (χ1n) is 4.85. The number of nitrogens with two attached hydrogens (primary N) is 1. The minimum absolute atomic E-state index is 0. The highest BCUT2D eigenvalue weighted by atomic mass is 35.5. The minimum atomic E-state index is -0.286. The van der Waals surface area contributed by atoms with Crippen LogP contribution in [0.15, 0.2) is 18.2 Å². The molecule has 0 saturated carbocycles. The van der Waals surface area contributed by atoms with E-state index >= 15 is 0 Å². The van der Waals surface area contributed by atoms with Crippen LogP contribution >= 0.6 is 12.4 Å². The van der Waals surface area contributed by atoms with Gasteiger partial charge in [-0.3, -0.25) is 0 Å². The van der Waals surface area contributed by atoms with E-state index in [1.807, 2.05) is 26.8 Å². The van der Waals surface area contributed by atoms with Crippen molar-refractivity contribution in [2.75, 3.05) is 0 Å². The van der Waals surface area contributed by atoms with Crippen LogP contribution in [-0.4, -0.2) is 5.11 Å². The summed E-state index contributed by atoms with van der Waals surface area (Å²) >= 11 is 0. The summed E-state index contributed by atoms with van der Waals surface area (Å²) in [5.41, 5.74) is 6.78. The van der Waals surface area contributed by atoms with Crippen LogP contribution in [0.25, 0.3) is 0 Å². The molecule has 1 rings (SSSR count). The monoisotopic (exact) mass is 240 g/mol. The van der Waals surface area contributed by atoms with E-state index in [-0.39, 0.29) is 35.2 Å². The summed E-state index contributed by atoms with van der Waals surface area (Å²) in [7, 11) is 0. The predicted octanol–water partition coefficient (Wildman–Crippen LogP) is 2.73. The van der Waals surface area contributed by atoms with E-state index in [9.17, 15) is 5.11 Å². The third-order valence-corrected chi connectivity index (χ3v) is 2.46. The van der Waals surface area contributed by atoms with Gasteiger partial charge in [-0.2, -0.15) is 5.26 Å². The maximum Gasteiger partial charge on any atom is 0.138 e. The zero-order valence-corrected chi connectivity index (χ0v) is 10.5. The van der Waals surface area contributed by atoms with Crippen molar-refractivity contribution >= 4 is 12.4 Å². The highest BCUT2D eigenvalue weighted by molar-refractivity contribution is 5.85. The topological polar surface area (TPSA) is 70.0 Å². The van der Waals surface area contributed by atoms with Crippen LogP contribution < -0.4 is 5.73 Å². The number of phenolic OH excluding ortho intramolecular Hbond substituents is 1. The number of hydrogen-bond donors (Lipinski definition) is 2. The maximum atomic E-state index is 9.82. The van der Waals surface area contributed by atoms with Gasteiger partial charge in [0.2, 0.25) is 0 Å². The Labute approximate surface area is 102 Å². The van der Waals surface area contributed by atoms with Gasteiger partial charge in [-0.15, -0.1) is 12.4 Å². The highest BCUT2D eigenvalue weighted by Gasteiger charge is 2.25. The molecule has 0 aliphatic rings. The van der Waals surface area contributed by atoms with Crippen molar-refractivity contribution in [2.24, 2.45) is 11.1 Å². The Morgan fingerprint density at radius 2 is 1.94 bits per heavy atom. The molecule has 0 unspecified atom stereocenters. The molecule has 1 atom stereocenters. The summed E-state index contributed by atoms with van der Waals surface area (Å²) in [6.07, 6.45) is 0. The number of hydrogen-bond acceptors (Lipinski definition) is 3. The lowest BCUT2D eigenvalue weighted by atomic mass is 9.82. The molecule has 0 fully saturated rings. The van der Waals surface area contributed by atoms with Crippen molar-refractivity contribution in [1.29, 1.82) is 5.26 Å². The van der Waals surface area contributed by atoms with E-state index in [1.54, 1.807) is 18.2 Å². The average molecular weight is 241 g/mol. The van der Waals surface area contributed by atoms with Gasteiger partial charge in [0.15, 0.2) is 0 Å². The smallest absolute Gasteiger partial charge is 0.138 e. The lowest BCUT2D eigenvalue weighted by Crippen LogP contribution is -2.26. The van der Waals surface area contributed by atoms with Crippen LogP contribution in [-0.2, 0) is 0 Å². The molecule has 1 aromatic carbocycles. The lowest BCUT2D eigenvalue weighted by molar-refractivity contribution is 0.317. The molecule has 16 heavy (non-hydrogen) atoms. The molecular weight excluding hydrogens is 224 g/mol. The van der Waals surface area contributed by atoms with Crippen molar-refractivity contribution in [2.45, 2.75) is 26.8 Å². The Balaban J connectivity index is 0.00000225. The highest BCUT2D eigenvalue weighted by Crippen LogP contribution is 2.36. The molecule has 0 aromatic heterocycles. The zero-order valence-electron chi connectivity index (χ0n) is 9.69. The predicted molar refractivity (Wildman–Crippen MR) is 66.5 cm³/mol. The largest absolute Gasteiger partial charge is 0.506 e. The Bertz CT molecular complexity index is 404. The Morgan fingerprint density at radius 1 is 1.38 bits per heavy atom. The van der Waals surface area contributed by atoms with Crippen molar-refractivity contribution in [1.82, 2.24) is 0 Å². The van der Waals surface area contributed by atoms with E-state index in [0.717, 1.165) is 0 Å². The van der Waals surface area contributed by atoms with E-state index in [1.165, 1.54) is 0 Å². The maximum absolute atomic E-state index is 9.82. The Hall–Kier alpha value is -1.24. The van der Waals surface area contributed by atoms with Gasteiger partial charge in [0.1, 0.15) is 11.8 Å². The van der Waals surface area contributed by atoms with Gasteiger partial charge in [-0.05, 0) is 11.5 Å². The van der Waals surface area contributed by atoms with Gasteiger partial charge < -0.3 is 10.8 Å². The molecule has 0 aliphatic heterocycles. The van der Waals surface area contributed by atoms with Crippen molar-refractivity contribution in [3.8, 4) is 11.8 Å². The van der Waals surface area contributed by atoms with Crippen LogP contribution in [0.5, 0.6) is 5.75 Å². The number of nitriles is 1. The third-order valence-electron chi connectivity index (χ3n) is 2.46. The summed E-state index contributed by atoms with van der Waals surface area (Å²) in [5.74, 6) is 0.00225. The third kappa shape index (κ3) is 2.88. The van der Waals surface area contributed by atoms with Crippen molar-refractivity contribution in [3.63, 3.8) is 0 Å². The van der Waals surface area contributed by atoms with Crippen LogP contribution in [0.1, 0.15) is 37.9 Å². The van der Waals surface area contributed by atoms with Gasteiger partial charge in [-0.1, -0.05) is 32.9 Å². The summed E-state index contributed by atoms with van der Waals surface area (Å²) in [6, 6.07) is 6.72. The number of rotatable bonds is 1. The van der Waals surface area contributed by atoms with E-state index in [2.05, 4.69) is 0 Å². The second-order valence-electron chi connectivity index (χ2n) is 4.70. The molecule has 4 heteroatoms. The lowest BCUT2D eigenvalue weighted by Gasteiger charge is -2.28. The van der Waals surface area contributed by atoms with E-state index in [4.69, 9.17) is 11.0 Å². The van der Waals surface area contributed by atoms with Crippen molar-refractivity contribution in [3.05, 3.63) is 29.3 Å². The molecule has 1 aromatic rings. The first-order chi connectivity index (χ1) is 6.88. The Kier molecular flexibility index (Phi) is 4.80. The summed E-state index contributed by atoms with van der Waals surface area (Å²) in [6.45, 7) is 5.99. The molecule has 0 saturated heterocycles. The number of para-hydroxylation sites is 1. The van der Waals surface area contributed by atoms with Crippen LogP contribution in [0, 0.1) is 16.7 Å². The molecule has 0 amide bonds. The molecule has 3 N–H and O–H groups in total. The fourth-order valence-corrected chi connectivity index (χ4v) is 1.37. The number of phenols is 1. The van der Waals surface area contributed by atoms with Gasteiger partial charge in [0.05, 0.1) is 5.56 Å². The van der Waals surface area contributed by atoms with E-state index in [0.29, 0.717) is 5.56 Å². The average Bonchev–Trinajstić information content (AvgIpc) is 2.16. The van der Waals surface area contributed by atoms with Gasteiger partial charge >= 0.3 is 0 Å². The normalized spacial score (nSPS) is 12.4. The second kappa shape index (κ2) is 5.20. The summed E-state index contributed by atoms with van der Waals surface area (Å²) < 4.78 is 0. The van der Waals surface area contributed by atoms with Crippen molar-refractivity contribution < 1.29 is 5.11 Å². The van der Waals surface area contributed by atoms with Crippen LogP contribution in [0.2, 0.25) is 0 Å². The van der Waals surface area contributed by atoms with Crippen LogP contribution in [0.4, 0.5) is 0 Å². The molecule has 0 spiro atoms. The SMILES string of the molecule is CC(C)(C)[C@@H](N)c1cccc(C#N)c1O.Cl. The van der Waals surface area contributed by atoms with Crippen LogP contribution in [0.3, 0.4) is 0 Å². The molecule has 0 aliphatic carbocycles. The second-order valence-corrected chi connectivity index (χ2v) is 4.70. The number of benzene rings is 1. The van der Waals surface area contributed by atoms with E-state index < -0.39 is 0 Å². The number of aromatic hydroxyl groups is 1. The quantitative estimate of drug-likeness (QED) is 0.793. The summed E-state index contributed by atoms with van der Waals surface area (Å²) in [4.78, 5) is 0. The van der Waals surface area contributed by atoms with Gasteiger partial charge in [-0.25, -0.2) is 0 Å². The fraction of sp³-hybridized carbons (Fsp3) is 0.417. The molecule has 88 valence electrons. The number of halogens is 1. The summed E-state index contributed by atoms with van der Waals surface area (Å²) in [5, 5.41) is 18.6. The zero-order chi connectivity index (χ0) is 11.6.